The molecule has 0 bridgehead atoms. The standard InChI is InChI=1S/C16H27N3/c1-5-17-10-15-8-9-16(18-14(15)4)19-11-12(2)6-7-13(19)3/h8-9,12-13,17H,5-7,10-11H2,1-4H3. The van der Waals surface area contributed by atoms with Crippen molar-refractivity contribution in [2.75, 3.05) is 18.0 Å². The van der Waals surface area contributed by atoms with E-state index < -0.39 is 0 Å². The molecule has 2 rings (SSSR count). The maximum absolute atomic E-state index is 4.82. The van der Waals surface area contributed by atoms with Crippen LogP contribution in [0.3, 0.4) is 0 Å². The van der Waals surface area contributed by atoms with Crippen molar-refractivity contribution in [3.8, 4) is 0 Å². The lowest BCUT2D eigenvalue weighted by molar-refractivity contribution is 0.388. The lowest BCUT2D eigenvalue weighted by Gasteiger charge is -2.38. The Balaban J connectivity index is 2.14. The van der Waals surface area contributed by atoms with Gasteiger partial charge in [-0.1, -0.05) is 19.9 Å². The van der Waals surface area contributed by atoms with Crippen LogP contribution in [0, 0.1) is 12.8 Å². The first-order chi connectivity index (χ1) is 9.11. The quantitative estimate of drug-likeness (QED) is 0.902. The van der Waals surface area contributed by atoms with Crippen molar-refractivity contribution in [2.45, 2.75) is 53.1 Å². The van der Waals surface area contributed by atoms with Gasteiger partial charge in [0, 0.05) is 24.8 Å². The lowest BCUT2D eigenvalue weighted by atomic mass is 9.95. The minimum atomic E-state index is 0.614. The molecule has 1 aliphatic rings. The van der Waals surface area contributed by atoms with Gasteiger partial charge in [0.05, 0.1) is 0 Å². The summed E-state index contributed by atoms with van der Waals surface area (Å²) in [6.07, 6.45) is 2.62. The summed E-state index contributed by atoms with van der Waals surface area (Å²) < 4.78 is 0. The van der Waals surface area contributed by atoms with Crippen LogP contribution in [0.2, 0.25) is 0 Å². The van der Waals surface area contributed by atoms with Gasteiger partial charge in [-0.2, -0.15) is 0 Å². The zero-order chi connectivity index (χ0) is 13.8. The molecule has 3 nitrogen and oxygen atoms in total. The average Bonchev–Trinajstić information content (AvgIpc) is 2.40. The normalized spacial score (nSPS) is 23.7. The van der Waals surface area contributed by atoms with Crippen LogP contribution in [-0.2, 0) is 6.54 Å². The maximum Gasteiger partial charge on any atom is 0.129 e. The fourth-order valence-electron chi connectivity index (χ4n) is 2.79. The zero-order valence-electron chi connectivity index (χ0n) is 12.7. The topological polar surface area (TPSA) is 28.2 Å². The van der Waals surface area contributed by atoms with Gasteiger partial charge in [-0.25, -0.2) is 4.98 Å². The van der Waals surface area contributed by atoms with Crippen LogP contribution in [0.25, 0.3) is 0 Å². The van der Waals surface area contributed by atoms with Gasteiger partial charge in [-0.05, 0) is 50.8 Å². The van der Waals surface area contributed by atoms with Gasteiger partial charge in [-0.15, -0.1) is 0 Å². The van der Waals surface area contributed by atoms with E-state index in [1.165, 1.54) is 18.4 Å². The number of hydrogen-bond acceptors (Lipinski definition) is 3. The van der Waals surface area contributed by atoms with Crippen LogP contribution in [0.15, 0.2) is 12.1 Å². The monoisotopic (exact) mass is 261 g/mol. The molecule has 2 atom stereocenters. The van der Waals surface area contributed by atoms with Gasteiger partial charge in [-0.3, -0.25) is 0 Å². The summed E-state index contributed by atoms with van der Waals surface area (Å²) in [5.74, 6) is 1.93. The van der Waals surface area contributed by atoms with Crippen molar-refractivity contribution in [3.63, 3.8) is 0 Å². The molecule has 1 aromatic rings. The second kappa shape index (κ2) is 6.38. The summed E-state index contributed by atoms with van der Waals surface area (Å²) in [5, 5.41) is 3.37. The maximum atomic E-state index is 4.82. The molecule has 1 aromatic heterocycles. The predicted molar refractivity (Wildman–Crippen MR) is 81.6 cm³/mol. The van der Waals surface area contributed by atoms with E-state index in [9.17, 15) is 0 Å². The molecule has 106 valence electrons. The van der Waals surface area contributed by atoms with Crippen LogP contribution in [0.4, 0.5) is 5.82 Å². The number of rotatable bonds is 4. The molecule has 3 heteroatoms. The molecule has 0 radical (unpaired) electrons. The summed E-state index contributed by atoms with van der Waals surface area (Å²) in [6, 6.07) is 5.03. The highest BCUT2D eigenvalue weighted by atomic mass is 15.2. The fourth-order valence-corrected chi connectivity index (χ4v) is 2.79. The van der Waals surface area contributed by atoms with Gasteiger partial charge >= 0.3 is 0 Å². The summed E-state index contributed by atoms with van der Waals surface area (Å²) >= 11 is 0. The third-order valence-electron chi connectivity index (χ3n) is 4.16. The Morgan fingerprint density at radius 3 is 2.79 bits per heavy atom. The Morgan fingerprint density at radius 1 is 1.32 bits per heavy atom. The van der Waals surface area contributed by atoms with Gasteiger partial charge in [0.2, 0.25) is 0 Å². The van der Waals surface area contributed by atoms with Gasteiger partial charge in [0.15, 0.2) is 0 Å². The molecule has 0 aromatic carbocycles. The van der Waals surface area contributed by atoms with Crippen molar-refractivity contribution >= 4 is 5.82 Å². The van der Waals surface area contributed by atoms with E-state index in [2.05, 4.69) is 50.0 Å². The molecule has 0 spiro atoms. The number of anilines is 1. The van der Waals surface area contributed by atoms with E-state index >= 15 is 0 Å². The first-order valence-electron chi connectivity index (χ1n) is 7.55. The number of aromatic nitrogens is 1. The highest BCUT2D eigenvalue weighted by Gasteiger charge is 2.24. The molecular formula is C16H27N3. The lowest BCUT2D eigenvalue weighted by Crippen LogP contribution is -2.41. The Bertz CT molecular complexity index is 416. The minimum absolute atomic E-state index is 0.614. The molecule has 2 unspecified atom stereocenters. The molecule has 0 aliphatic carbocycles. The molecule has 2 heterocycles. The summed E-state index contributed by atoms with van der Waals surface area (Å²) in [4.78, 5) is 7.29. The molecular weight excluding hydrogens is 234 g/mol. The average molecular weight is 261 g/mol. The van der Waals surface area contributed by atoms with E-state index in [-0.39, 0.29) is 0 Å². The number of piperidine rings is 1. The van der Waals surface area contributed by atoms with Crippen molar-refractivity contribution in [2.24, 2.45) is 5.92 Å². The number of nitrogens with one attached hydrogen (secondary N) is 1. The third kappa shape index (κ3) is 3.47. The third-order valence-corrected chi connectivity index (χ3v) is 4.16. The van der Waals surface area contributed by atoms with Crippen LogP contribution in [0.1, 0.15) is 44.9 Å². The van der Waals surface area contributed by atoms with E-state index in [0.717, 1.165) is 37.1 Å². The number of hydrogen-bond donors (Lipinski definition) is 1. The fraction of sp³-hybridized carbons (Fsp3) is 0.688. The molecule has 0 saturated carbocycles. The van der Waals surface area contributed by atoms with Crippen molar-refractivity contribution in [1.82, 2.24) is 10.3 Å². The van der Waals surface area contributed by atoms with Crippen LogP contribution >= 0.6 is 0 Å². The number of nitrogens with zero attached hydrogens (tertiary/aromatic N) is 2. The second-order valence-electron chi connectivity index (χ2n) is 5.88. The second-order valence-corrected chi connectivity index (χ2v) is 5.88. The Labute approximate surface area is 117 Å². The van der Waals surface area contributed by atoms with Gasteiger partial charge in [0.25, 0.3) is 0 Å². The first kappa shape index (κ1) is 14.3. The number of aryl methyl sites for hydroxylation is 1. The van der Waals surface area contributed by atoms with E-state index in [0.29, 0.717) is 6.04 Å². The first-order valence-corrected chi connectivity index (χ1v) is 7.55. The van der Waals surface area contributed by atoms with E-state index in [1.54, 1.807) is 0 Å². The van der Waals surface area contributed by atoms with Crippen LogP contribution < -0.4 is 10.2 Å². The summed E-state index contributed by atoms with van der Waals surface area (Å²) in [7, 11) is 0. The van der Waals surface area contributed by atoms with E-state index in [4.69, 9.17) is 4.98 Å². The SMILES string of the molecule is CCNCc1ccc(N2CC(C)CCC2C)nc1C. The molecule has 1 aliphatic heterocycles. The Kier molecular flexibility index (Phi) is 4.81. The number of pyridine rings is 1. The highest BCUT2D eigenvalue weighted by molar-refractivity contribution is 5.43. The van der Waals surface area contributed by atoms with Crippen LogP contribution in [0.5, 0.6) is 0 Å². The molecule has 1 fully saturated rings. The highest BCUT2D eigenvalue weighted by Crippen LogP contribution is 2.26. The molecule has 0 amide bonds. The van der Waals surface area contributed by atoms with Crippen molar-refractivity contribution < 1.29 is 0 Å². The minimum Gasteiger partial charge on any atom is -0.354 e. The predicted octanol–water partition coefficient (Wildman–Crippen LogP) is 3.12. The van der Waals surface area contributed by atoms with E-state index in [1.807, 2.05) is 0 Å². The van der Waals surface area contributed by atoms with Gasteiger partial charge < -0.3 is 10.2 Å². The zero-order valence-corrected chi connectivity index (χ0v) is 12.7. The molecule has 1 N–H and O–H groups in total. The Hall–Kier alpha value is -1.09. The summed E-state index contributed by atoms with van der Waals surface area (Å²) in [6.45, 7) is 12.0. The van der Waals surface area contributed by atoms with Crippen molar-refractivity contribution in [1.29, 1.82) is 0 Å². The van der Waals surface area contributed by atoms with Gasteiger partial charge in [0.1, 0.15) is 5.82 Å². The smallest absolute Gasteiger partial charge is 0.129 e. The van der Waals surface area contributed by atoms with Crippen LogP contribution in [-0.4, -0.2) is 24.1 Å². The summed E-state index contributed by atoms with van der Waals surface area (Å²) in [5.41, 5.74) is 2.46. The molecule has 1 saturated heterocycles. The van der Waals surface area contributed by atoms with Crippen molar-refractivity contribution in [3.05, 3.63) is 23.4 Å². The Morgan fingerprint density at radius 2 is 2.11 bits per heavy atom. The molecule has 19 heavy (non-hydrogen) atoms. The largest absolute Gasteiger partial charge is 0.354 e.